The molecule has 0 aliphatic carbocycles. The summed E-state index contributed by atoms with van der Waals surface area (Å²) in [6, 6.07) is 2.99. The molecule has 0 aromatic carbocycles. The quantitative estimate of drug-likeness (QED) is 0.839. The van der Waals surface area contributed by atoms with E-state index in [1.54, 1.807) is 0 Å². The molecule has 0 saturated carbocycles. The van der Waals surface area contributed by atoms with Gasteiger partial charge < -0.3 is 0 Å². The van der Waals surface area contributed by atoms with Crippen molar-refractivity contribution in [3.8, 4) is 0 Å². The van der Waals surface area contributed by atoms with Gasteiger partial charge in [0.25, 0.3) is 0 Å². The third kappa shape index (κ3) is 3.78. The van der Waals surface area contributed by atoms with E-state index in [2.05, 4.69) is 51.0 Å². The number of nitrogens with zero attached hydrogens (tertiary/aromatic N) is 2. The Morgan fingerprint density at radius 3 is 2.59 bits per heavy atom. The third-order valence-corrected chi connectivity index (χ3v) is 5.30. The van der Waals surface area contributed by atoms with E-state index in [-0.39, 0.29) is 0 Å². The molecule has 1 aliphatic heterocycles. The minimum atomic E-state index is 0.744. The molecule has 1 aliphatic rings. The Bertz CT molecular complexity index is 345. The minimum Gasteiger partial charge on any atom is -0.298 e. The molecular formula is C13H21BrN2S. The molecule has 96 valence electrons. The molecule has 1 unspecified atom stereocenters. The number of hydrogen-bond donors (Lipinski definition) is 0. The molecule has 1 aromatic heterocycles. The van der Waals surface area contributed by atoms with Gasteiger partial charge in [-0.2, -0.15) is 0 Å². The number of hydrogen-bond acceptors (Lipinski definition) is 3. The van der Waals surface area contributed by atoms with Crippen LogP contribution in [0.5, 0.6) is 0 Å². The monoisotopic (exact) mass is 316 g/mol. The largest absolute Gasteiger partial charge is 0.298 e. The maximum Gasteiger partial charge on any atom is 0.0329 e. The predicted octanol–water partition coefficient (Wildman–Crippen LogP) is 3.43. The van der Waals surface area contributed by atoms with Crippen molar-refractivity contribution >= 4 is 27.3 Å². The van der Waals surface area contributed by atoms with Crippen LogP contribution in [0.2, 0.25) is 0 Å². The number of halogens is 1. The average Bonchev–Trinajstić information content (AvgIpc) is 2.75. The number of thiophene rings is 1. The summed E-state index contributed by atoms with van der Waals surface area (Å²) in [6.07, 6.45) is 1.26. The Morgan fingerprint density at radius 2 is 2.06 bits per heavy atom. The summed E-state index contributed by atoms with van der Waals surface area (Å²) in [5, 5.41) is 2.17. The van der Waals surface area contributed by atoms with Crippen LogP contribution >= 0.6 is 27.3 Å². The highest BCUT2D eigenvalue weighted by atomic mass is 79.9. The maximum atomic E-state index is 3.52. The van der Waals surface area contributed by atoms with Crippen LogP contribution in [0.15, 0.2) is 15.9 Å². The fraction of sp³-hybridized carbons (Fsp3) is 0.692. The summed E-state index contributed by atoms with van der Waals surface area (Å²) in [5.74, 6) is 0. The van der Waals surface area contributed by atoms with Gasteiger partial charge in [0, 0.05) is 53.5 Å². The topological polar surface area (TPSA) is 6.48 Å². The fourth-order valence-electron chi connectivity index (χ4n) is 2.28. The SMILES string of the molecule is CCC(C)N1CCN(Cc2cc(Br)cs2)CC1. The van der Waals surface area contributed by atoms with E-state index >= 15 is 0 Å². The summed E-state index contributed by atoms with van der Waals surface area (Å²) in [6.45, 7) is 10.6. The smallest absolute Gasteiger partial charge is 0.0329 e. The predicted molar refractivity (Wildman–Crippen MR) is 78.6 cm³/mol. The first-order valence-corrected chi connectivity index (χ1v) is 8.05. The molecule has 0 radical (unpaired) electrons. The minimum absolute atomic E-state index is 0.744. The van der Waals surface area contributed by atoms with Crippen molar-refractivity contribution in [1.29, 1.82) is 0 Å². The van der Waals surface area contributed by atoms with Gasteiger partial charge in [0.15, 0.2) is 0 Å². The van der Waals surface area contributed by atoms with Gasteiger partial charge in [-0.1, -0.05) is 6.92 Å². The average molecular weight is 317 g/mol. The summed E-state index contributed by atoms with van der Waals surface area (Å²) >= 11 is 5.37. The van der Waals surface area contributed by atoms with E-state index in [1.165, 1.54) is 41.9 Å². The second kappa shape index (κ2) is 6.32. The summed E-state index contributed by atoms with van der Waals surface area (Å²) < 4.78 is 1.22. The molecule has 2 nitrogen and oxygen atoms in total. The fourth-order valence-corrected chi connectivity index (χ4v) is 3.77. The molecule has 2 heterocycles. The first-order valence-electron chi connectivity index (χ1n) is 6.38. The standard InChI is InChI=1S/C13H21BrN2S/c1-3-11(2)16-6-4-15(5-7-16)9-13-8-12(14)10-17-13/h8,10-11H,3-7,9H2,1-2H3. The van der Waals surface area contributed by atoms with Crippen LogP contribution < -0.4 is 0 Å². The molecule has 4 heteroatoms. The summed E-state index contributed by atoms with van der Waals surface area (Å²) in [7, 11) is 0. The Labute approximate surface area is 117 Å². The lowest BCUT2D eigenvalue weighted by Gasteiger charge is -2.37. The van der Waals surface area contributed by atoms with Crippen molar-refractivity contribution in [1.82, 2.24) is 9.80 Å². The van der Waals surface area contributed by atoms with Gasteiger partial charge in [-0.25, -0.2) is 0 Å². The normalized spacial score (nSPS) is 20.6. The molecule has 0 N–H and O–H groups in total. The Morgan fingerprint density at radius 1 is 1.35 bits per heavy atom. The molecule has 1 saturated heterocycles. The molecule has 0 amide bonds. The highest BCUT2D eigenvalue weighted by Gasteiger charge is 2.20. The molecule has 0 bridgehead atoms. The van der Waals surface area contributed by atoms with Crippen molar-refractivity contribution in [2.45, 2.75) is 32.9 Å². The highest BCUT2D eigenvalue weighted by molar-refractivity contribution is 9.10. The van der Waals surface area contributed by atoms with Gasteiger partial charge in [0.1, 0.15) is 0 Å². The molecule has 17 heavy (non-hydrogen) atoms. The van der Waals surface area contributed by atoms with Crippen LogP contribution in [0.3, 0.4) is 0 Å². The van der Waals surface area contributed by atoms with E-state index in [0.717, 1.165) is 12.6 Å². The van der Waals surface area contributed by atoms with Crippen molar-refractivity contribution in [3.05, 3.63) is 20.8 Å². The summed E-state index contributed by atoms with van der Waals surface area (Å²) in [5.41, 5.74) is 0. The lowest BCUT2D eigenvalue weighted by atomic mass is 10.2. The van der Waals surface area contributed by atoms with Crippen LogP contribution in [0, 0.1) is 0 Å². The maximum absolute atomic E-state index is 3.52. The van der Waals surface area contributed by atoms with Crippen LogP contribution in [0.4, 0.5) is 0 Å². The molecule has 2 rings (SSSR count). The molecule has 1 aromatic rings. The lowest BCUT2D eigenvalue weighted by molar-refractivity contribution is 0.0970. The molecular weight excluding hydrogens is 296 g/mol. The third-order valence-electron chi connectivity index (χ3n) is 3.62. The van der Waals surface area contributed by atoms with Gasteiger partial charge in [0.2, 0.25) is 0 Å². The number of piperazine rings is 1. The second-order valence-electron chi connectivity index (χ2n) is 4.80. The van der Waals surface area contributed by atoms with Gasteiger partial charge in [-0.05, 0) is 35.3 Å². The zero-order valence-corrected chi connectivity index (χ0v) is 13.1. The van der Waals surface area contributed by atoms with Gasteiger partial charge in [-0.3, -0.25) is 9.80 Å². The number of rotatable bonds is 4. The van der Waals surface area contributed by atoms with Crippen molar-refractivity contribution in [2.24, 2.45) is 0 Å². The van der Waals surface area contributed by atoms with Gasteiger partial charge >= 0.3 is 0 Å². The summed E-state index contributed by atoms with van der Waals surface area (Å²) in [4.78, 5) is 6.65. The Balaban J connectivity index is 1.79. The van der Waals surface area contributed by atoms with E-state index in [0.29, 0.717) is 0 Å². The van der Waals surface area contributed by atoms with Crippen molar-refractivity contribution < 1.29 is 0 Å². The Kier molecular flexibility index (Phi) is 5.03. The van der Waals surface area contributed by atoms with Gasteiger partial charge in [-0.15, -0.1) is 11.3 Å². The second-order valence-corrected chi connectivity index (χ2v) is 6.71. The van der Waals surface area contributed by atoms with Crippen LogP contribution in [-0.2, 0) is 6.54 Å². The van der Waals surface area contributed by atoms with Crippen LogP contribution in [-0.4, -0.2) is 42.0 Å². The molecule has 1 atom stereocenters. The van der Waals surface area contributed by atoms with E-state index in [1.807, 2.05) is 11.3 Å². The Hall–Kier alpha value is 0.1000. The first kappa shape index (κ1) is 13.5. The van der Waals surface area contributed by atoms with Crippen LogP contribution in [0.25, 0.3) is 0 Å². The zero-order chi connectivity index (χ0) is 12.3. The zero-order valence-electron chi connectivity index (χ0n) is 10.7. The lowest BCUT2D eigenvalue weighted by Crippen LogP contribution is -2.48. The van der Waals surface area contributed by atoms with E-state index in [9.17, 15) is 0 Å². The van der Waals surface area contributed by atoms with E-state index in [4.69, 9.17) is 0 Å². The highest BCUT2D eigenvalue weighted by Crippen LogP contribution is 2.21. The van der Waals surface area contributed by atoms with Crippen LogP contribution in [0.1, 0.15) is 25.1 Å². The molecule has 0 spiro atoms. The first-order chi connectivity index (χ1) is 8.19. The van der Waals surface area contributed by atoms with Crippen molar-refractivity contribution in [2.75, 3.05) is 26.2 Å². The molecule has 1 fully saturated rings. The van der Waals surface area contributed by atoms with Gasteiger partial charge in [0.05, 0.1) is 0 Å². The van der Waals surface area contributed by atoms with Crippen molar-refractivity contribution in [3.63, 3.8) is 0 Å². The van der Waals surface area contributed by atoms with E-state index < -0.39 is 0 Å².